The highest BCUT2D eigenvalue weighted by Crippen LogP contribution is 2.25. The lowest BCUT2D eigenvalue weighted by molar-refractivity contribution is 0.619. The zero-order valence-electron chi connectivity index (χ0n) is 10.1. The standard InChI is InChI=1S/C12H13BrFN3S/c1-3-11-16-17-12(18-11)15-7(2)8-4-5-10(14)9(13)6-8/h4-7H,3H2,1-2H3,(H,15,17). The van der Waals surface area contributed by atoms with Gasteiger partial charge in [0.15, 0.2) is 0 Å². The number of hydrogen-bond donors (Lipinski definition) is 1. The molecule has 0 spiro atoms. The summed E-state index contributed by atoms with van der Waals surface area (Å²) in [6, 6.07) is 5.04. The van der Waals surface area contributed by atoms with E-state index in [1.807, 2.05) is 13.8 Å². The highest BCUT2D eigenvalue weighted by molar-refractivity contribution is 9.10. The average Bonchev–Trinajstić information content (AvgIpc) is 2.80. The first kappa shape index (κ1) is 13.4. The van der Waals surface area contributed by atoms with Gasteiger partial charge in [0.05, 0.1) is 10.5 Å². The summed E-state index contributed by atoms with van der Waals surface area (Å²) in [6.07, 6.45) is 0.885. The van der Waals surface area contributed by atoms with Gasteiger partial charge >= 0.3 is 0 Å². The molecule has 1 N–H and O–H groups in total. The van der Waals surface area contributed by atoms with Gasteiger partial charge in [0.1, 0.15) is 10.8 Å². The minimum absolute atomic E-state index is 0.0551. The Balaban J connectivity index is 2.11. The van der Waals surface area contributed by atoms with E-state index in [-0.39, 0.29) is 11.9 Å². The number of aromatic nitrogens is 2. The summed E-state index contributed by atoms with van der Waals surface area (Å²) >= 11 is 4.73. The third-order valence-corrected chi connectivity index (χ3v) is 4.16. The third kappa shape index (κ3) is 3.05. The Bertz CT molecular complexity index is 544. The van der Waals surface area contributed by atoms with Crippen LogP contribution >= 0.6 is 27.3 Å². The lowest BCUT2D eigenvalue weighted by Gasteiger charge is -2.13. The van der Waals surface area contributed by atoms with Gasteiger partial charge in [-0.1, -0.05) is 24.3 Å². The van der Waals surface area contributed by atoms with Crippen molar-refractivity contribution < 1.29 is 4.39 Å². The molecule has 1 unspecified atom stereocenters. The van der Waals surface area contributed by atoms with Crippen molar-refractivity contribution in [2.75, 3.05) is 5.32 Å². The van der Waals surface area contributed by atoms with E-state index in [9.17, 15) is 4.39 Å². The molecular weight excluding hydrogens is 317 g/mol. The molecule has 0 aliphatic carbocycles. The van der Waals surface area contributed by atoms with E-state index < -0.39 is 0 Å². The number of nitrogens with zero attached hydrogens (tertiary/aromatic N) is 2. The minimum Gasteiger partial charge on any atom is -0.354 e. The van der Waals surface area contributed by atoms with Gasteiger partial charge in [-0.3, -0.25) is 0 Å². The molecule has 0 fully saturated rings. The van der Waals surface area contributed by atoms with E-state index >= 15 is 0 Å². The zero-order valence-corrected chi connectivity index (χ0v) is 12.5. The van der Waals surface area contributed by atoms with Crippen molar-refractivity contribution in [2.45, 2.75) is 26.3 Å². The molecule has 1 atom stereocenters. The molecule has 0 aliphatic rings. The fourth-order valence-corrected chi connectivity index (χ4v) is 2.67. The maximum atomic E-state index is 13.2. The van der Waals surface area contributed by atoms with Crippen LogP contribution in [0.2, 0.25) is 0 Å². The number of hydrogen-bond acceptors (Lipinski definition) is 4. The molecule has 2 rings (SSSR count). The average molecular weight is 330 g/mol. The summed E-state index contributed by atoms with van der Waals surface area (Å²) in [7, 11) is 0. The van der Waals surface area contributed by atoms with Crippen LogP contribution in [0.3, 0.4) is 0 Å². The van der Waals surface area contributed by atoms with Gasteiger partial charge in [0.2, 0.25) is 5.13 Å². The van der Waals surface area contributed by atoms with E-state index in [4.69, 9.17) is 0 Å². The Morgan fingerprint density at radius 3 is 2.83 bits per heavy atom. The number of halogens is 2. The Morgan fingerprint density at radius 1 is 1.44 bits per heavy atom. The van der Waals surface area contributed by atoms with Crippen LogP contribution in [0, 0.1) is 5.82 Å². The Morgan fingerprint density at radius 2 is 2.22 bits per heavy atom. The van der Waals surface area contributed by atoms with Crippen molar-refractivity contribution in [3.05, 3.63) is 39.1 Å². The number of aryl methyl sites for hydroxylation is 1. The first-order valence-corrected chi connectivity index (χ1v) is 7.25. The lowest BCUT2D eigenvalue weighted by atomic mass is 10.1. The van der Waals surface area contributed by atoms with Crippen molar-refractivity contribution in [1.29, 1.82) is 0 Å². The van der Waals surface area contributed by atoms with E-state index in [1.54, 1.807) is 23.5 Å². The third-order valence-electron chi connectivity index (χ3n) is 2.55. The monoisotopic (exact) mass is 329 g/mol. The van der Waals surface area contributed by atoms with Crippen LogP contribution in [0.5, 0.6) is 0 Å². The van der Waals surface area contributed by atoms with Crippen LogP contribution in [0.4, 0.5) is 9.52 Å². The molecule has 0 saturated heterocycles. The second kappa shape index (κ2) is 5.75. The number of nitrogens with one attached hydrogen (secondary N) is 1. The Kier molecular flexibility index (Phi) is 4.29. The summed E-state index contributed by atoms with van der Waals surface area (Å²) < 4.78 is 13.6. The zero-order chi connectivity index (χ0) is 13.1. The molecular formula is C12H13BrFN3S. The molecule has 0 radical (unpaired) electrons. The summed E-state index contributed by atoms with van der Waals surface area (Å²) in [6.45, 7) is 4.05. The fraction of sp³-hybridized carbons (Fsp3) is 0.333. The molecule has 6 heteroatoms. The summed E-state index contributed by atoms with van der Waals surface area (Å²) in [5.41, 5.74) is 0.997. The smallest absolute Gasteiger partial charge is 0.206 e. The van der Waals surface area contributed by atoms with Gasteiger partial charge in [0, 0.05) is 0 Å². The molecule has 1 heterocycles. The normalized spacial score (nSPS) is 12.4. The Labute approximate surface area is 118 Å². The maximum absolute atomic E-state index is 13.2. The first-order chi connectivity index (χ1) is 8.60. The van der Waals surface area contributed by atoms with Crippen LogP contribution in [0.1, 0.15) is 30.5 Å². The molecule has 1 aromatic carbocycles. The molecule has 2 aromatic rings. The van der Waals surface area contributed by atoms with Crippen LogP contribution < -0.4 is 5.32 Å². The van der Waals surface area contributed by atoms with E-state index in [0.29, 0.717) is 4.47 Å². The van der Waals surface area contributed by atoms with Crippen molar-refractivity contribution in [1.82, 2.24) is 10.2 Å². The van der Waals surface area contributed by atoms with Crippen LogP contribution in [0.15, 0.2) is 22.7 Å². The fourth-order valence-electron chi connectivity index (χ4n) is 1.51. The minimum atomic E-state index is -0.255. The lowest BCUT2D eigenvalue weighted by Crippen LogP contribution is -2.06. The molecule has 18 heavy (non-hydrogen) atoms. The molecule has 96 valence electrons. The second-order valence-corrected chi connectivity index (χ2v) is 5.81. The van der Waals surface area contributed by atoms with E-state index in [1.165, 1.54) is 6.07 Å². The predicted molar refractivity (Wildman–Crippen MR) is 75.4 cm³/mol. The van der Waals surface area contributed by atoms with Crippen molar-refractivity contribution >= 4 is 32.4 Å². The summed E-state index contributed by atoms with van der Waals surface area (Å²) in [5, 5.41) is 13.2. The first-order valence-electron chi connectivity index (χ1n) is 5.64. The topological polar surface area (TPSA) is 37.8 Å². The van der Waals surface area contributed by atoms with E-state index in [0.717, 1.165) is 22.1 Å². The number of anilines is 1. The van der Waals surface area contributed by atoms with Crippen LogP contribution in [-0.4, -0.2) is 10.2 Å². The SMILES string of the molecule is CCc1nnc(NC(C)c2ccc(F)c(Br)c2)s1. The van der Waals surface area contributed by atoms with E-state index in [2.05, 4.69) is 31.4 Å². The van der Waals surface area contributed by atoms with Gasteiger partial charge in [-0.2, -0.15) is 0 Å². The predicted octanol–water partition coefficient (Wildman–Crippen LogP) is 4.18. The highest BCUT2D eigenvalue weighted by Gasteiger charge is 2.10. The van der Waals surface area contributed by atoms with Gasteiger partial charge in [-0.05, 0) is 47.0 Å². The maximum Gasteiger partial charge on any atom is 0.206 e. The van der Waals surface area contributed by atoms with Gasteiger partial charge in [0.25, 0.3) is 0 Å². The van der Waals surface area contributed by atoms with Crippen LogP contribution in [-0.2, 0) is 6.42 Å². The molecule has 0 saturated carbocycles. The molecule has 1 aromatic heterocycles. The molecule has 0 bridgehead atoms. The molecule has 3 nitrogen and oxygen atoms in total. The number of benzene rings is 1. The summed E-state index contributed by atoms with van der Waals surface area (Å²) in [4.78, 5) is 0. The summed E-state index contributed by atoms with van der Waals surface area (Å²) in [5.74, 6) is -0.255. The highest BCUT2D eigenvalue weighted by atomic mass is 79.9. The Hall–Kier alpha value is -1.01. The van der Waals surface area contributed by atoms with Gasteiger partial charge in [-0.15, -0.1) is 10.2 Å². The van der Waals surface area contributed by atoms with Gasteiger partial charge in [-0.25, -0.2) is 4.39 Å². The molecule has 0 aliphatic heterocycles. The largest absolute Gasteiger partial charge is 0.354 e. The quantitative estimate of drug-likeness (QED) is 0.914. The van der Waals surface area contributed by atoms with Crippen molar-refractivity contribution in [2.24, 2.45) is 0 Å². The second-order valence-electron chi connectivity index (χ2n) is 3.89. The number of rotatable bonds is 4. The van der Waals surface area contributed by atoms with Crippen molar-refractivity contribution in [3.63, 3.8) is 0 Å². The molecule has 0 amide bonds. The van der Waals surface area contributed by atoms with Gasteiger partial charge < -0.3 is 5.32 Å². The van der Waals surface area contributed by atoms with Crippen molar-refractivity contribution in [3.8, 4) is 0 Å². The van der Waals surface area contributed by atoms with Crippen LogP contribution in [0.25, 0.3) is 0 Å².